The Hall–Kier alpha value is -3.64. The average molecular weight is 467 g/mol. The molecule has 6 rings (SSSR count). The van der Waals surface area contributed by atoms with Gasteiger partial charge in [0, 0.05) is 11.1 Å². The van der Waals surface area contributed by atoms with Crippen molar-refractivity contribution < 1.29 is 23.7 Å². The summed E-state index contributed by atoms with van der Waals surface area (Å²) in [7, 11) is 0. The summed E-state index contributed by atoms with van der Waals surface area (Å²) in [5, 5.41) is 0. The van der Waals surface area contributed by atoms with Gasteiger partial charge in [-0.1, -0.05) is 72.8 Å². The third kappa shape index (κ3) is 5.23. The molecular formula is C30H26O5. The predicted molar refractivity (Wildman–Crippen MR) is 132 cm³/mol. The Bertz CT molecular complexity index is 1150. The second kappa shape index (κ2) is 9.92. The molecule has 2 saturated heterocycles. The van der Waals surface area contributed by atoms with Gasteiger partial charge >= 0.3 is 0 Å². The van der Waals surface area contributed by atoms with E-state index in [0.29, 0.717) is 13.2 Å². The van der Waals surface area contributed by atoms with Crippen LogP contribution in [0.15, 0.2) is 109 Å². The lowest BCUT2D eigenvalue weighted by Gasteiger charge is -2.26. The lowest BCUT2D eigenvalue weighted by atomic mass is 10.0. The van der Waals surface area contributed by atoms with Crippen molar-refractivity contribution in [3.8, 4) is 23.0 Å². The number of hydrogen-bond donors (Lipinski definition) is 0. The number of para-hydroxylation sites is 4. The predicted octanol–water partition coefficient (Wildman–Crippen LogP) is 6.87. The van der Waals surface area contributed by atoms with Crippen molar-refractivity contribution in [2.45, 2.75) is 24.4 Å². The second-order valence-corrected chi connectivity index (χ2v) is 8.63. The third-order valence-electron chi connectivity index (χ3n) is 6.08. The first-order valence-electron chi connectivity index (χ1n) is 11.9. The fourth-order valence-corrected chi connectivity index (χ4v) is 4.19. The maximum atomic E-state index is 6.82. The van der Waals surface area contributed by atoms with Crippen molar-refractivity contribution in [1.82, 2.24) is 0 Å². The van der Waals surface area contributed by atoms with Crippen LogP contribution in [-0.4, -0.2) is 25.4 Å². The summed E-state index contributed by atoms with van der Waals surface area (Å²) in [6.07, 6.45) is -0.708. The highest BCUT2D eigenvalue weighted by molar-refractivity contribution is 5.42. The molecule has 5 heteroatoms. The van der Waals surface area contributed by atoms with E-state index in [2.05, 4.69) is 0 Å². The summed E-state index contributed by atoms with van der Waals surface area (Å²) in [5.74, 6) is 3.06. The smallest absolute Gasteiger partial charge is 0.133 e. The Morgan fingerprint density at radius 2 is 0.886 bits per heavy atom. The molecule has 35 heavy (non-hydrogen) atoms. The Morgan fingerprint density at radius 3 is 1.29 bits per heavy atom. The van der Waals surface area contributed by atoms with E-state index in [4.69, 9.17) is 23.7 Å². The molecule has 0 saturated carbocycles. The van der Waals surface area contributed by atoms with Crippen LogP contribution in [0.2, 0.25) is 0 Å². The van der Waals surface area contributed by atoms with Crippen LogP contribution in [0.3, 0.4) is 0 Å². The van der Waals surface area contributed by atoms with Crippen molar-refractivity contribution >= 4 is 0 Å². The monoisotopic (exact) mass is 466 g/mol. The van der Waals surface area contributed by atoms with Crippen LogP contribution in [0, 0.1) is 0 Å². The van der Waals surface area contributed by atoms with Gasteiger partial charge < -0.3 is 23.7 Å². The Kier molecular flexibility index (Phi) is 6.20. The van der Waals surface area contributed by atoms with E-state index < -0.39 is 0 Å². The number of epoxide rings is 2. The standard InChI is InChI=1S/C30H26O5/c1-3-11-21(12-4-1)33-25-17-9-7-15-23(25)29(27-19-31-27)35-30(28-20-32-28)24-16-8-10-18-26(24)34-22-13-5-2-6-14-22/h1-18,27-30H,19-20H2. The normalized spacial score (nSPS) is 20.0. The molecule has 0 radical (unpaired) electrons. The van der Waals surface area contributed by atoms with Gasteiger partial charge in [0.25, 0.3) is 0 Å². The van der Waals surface area contributed by atoms with Crippen LogP contribution >= 0.6 is 0 Å². The molecule has 4 unspecified atom stereocenters. The van der Waals surface area contributed by atoms with E-state index in [1.165, 1.54) is 0 Å². The van der Waals surface area contributed by atoms with Gasteiger partial charge in [-0.2, -0.15) is 0 Å². The van der Waals surface area contributed by atoms with Crippen LogP contribution in [0.1, 0.15) is 23.3 Å². The van der Waals surface area contributed by atoms with Gasteiger partial charge in [-0.15, -0.1) is 0 Å². The zero-order valence-corrected chi connectivity index (χ0v) is 19.2. The fraction of sp³-hybridized carbons (Fsp3) is 0.200. The molecular weight excluding hydrogens is 440 g/mol. The van der Waals surface area contributed by atoms with Crippen molar-refractivity contribution in [1.29, 1.82) is 0 Å². The molecule has 2 aliphatic heterocycles. The van der Waals surface area contributed by atoms with Crippen LogP contribution < -0.4 is 9.47 Å². The fourth-order valence-electron chi connectivity index (χ4n) is 4.19. The van der Waals surface area contributed by atoms with Gasteiger partial charge in [-0.3, -0.25) is 0 Å². The maximum absolute atomic E-state index is 6.82. The molecule has 0 amide bonds. The molecule has 5 nitrogen and oxygen atoms in total. The van der Waals surface area contributed by atoms with Gasteiger partial charge in [0.2, 0.25) is 0 Å². The molecule has 0 bridgehead atoms. The molecule has 176 valence electrons. The number of rotatable bonds is 10. The summed E-state index contributed by atoms with van der Waals surface area (Å²) in [6.45, 7) is 1.29. The summed E-state index contributed by atoms with van der Waals surface area (Å²) < 4.78 is 30.8. The first-order chi connectivity index (χ1) is 17.3. The molecule has 0 aliphatic carbocycles. The molecule has 0 N–H and O–H groups in total. The van der Waals surface area contributed by atoms with Crippen LogP contribution in [0.4, 0.5) is 0 Å². The lowest BCUT2D eigenvalue weighted by molar-refractivity contribution is -0.0433. The van der Waals surface area contributed by atoms with E-state index in [9.17, 15) is 0 Å². The first kappa shape index (κ1) is 21.9. The maximum Gasteiger partial charge on any atom is 0.133 e. The minimum atomic E-state index is -0.311. The molecule has 0 spiro atoms. The van der Waals surface area contributed by atoms with Crippen LogP contribution in [0.5, 0.6) is 23.0 Å². The Labute approximate surface area is 204 Å². The van der Waals surface area contributed by atoms with Gasteiger partial charge in [0.1, 0.15) is 47.4 Å². The molecule has 2 heterocycles. The first-order valence-corrected chi connectivity index (χ1v) is 11.9. The van der Waals surface area contributed by atoms with Crippen molar-refractivity contribution in [3.63, 3.8) is 0 Å². The molecule has 4 aromatic rings. The van der Waals surface area contributed by atoms with E-state index >= 15 is 0 Å². The quantitative estimate of drug-likeness (QED) is 0.239. The minimum absolute atomic E-state index is 0.0426. The molecule has 4 atom stereocenters. The molecule has 0 aromatic heterocycles. The van der Waals surface area contributed by atoms with Gasteiger partial charge in [-0.25, -0.2) is 0 Å². The van der Waals surface area contributed by atoms with E-state index in [1.807, 2.05) is 109 Å². The highest BCUT2D eigenvalue weighted by Crippen LogP contribution is 2.45. The third-order valence-corrected chi connectivity index (χ3v) is 6.08. The van der Waals surface area contributed by atoms with Crippen LogP contribution in [-0.2, 0) is 14.2 Å². The lowest BCUT2D eigenvalue weighted by Crippen LogP contribution is -2.20. The molecule has 4 aromatic carbocycles. The second-order valence-electron chi connectivity index (χ2n) is 8.63. The Morgan fingerprint density at radius 1 is 0.514 bits per heavy atom. The molecule has 2 fully saturated rings. The van der Waals surface area contributed by atoms with Crippen molar-refractivity contribution in [3.05, 3.63) is 120 Å². The Balaban J connectivity index is 1.31. The van der Waals surface area contributed by atoms with Crippen LogP contribution in [0.25, 0.3) is 0 Å². The van der Waals surface area contributed by atoms with Crippen molar-refractivity contribution in [2.75, 3.05) is 13.2 Å². The number of benzene rings is 4. The van der Waals surface area contributed by atoms with Gasteiger partial charge in [0.05, 0.1) is 13.2 Å². The van der Waals surface area contributed by atoms with Crippen molar-refractivity contribution in [2.24, 2.45) is 0 Å². The SMILES string of the molecule is c1ccc(Oc2ccccc2C(OC(c2ccccc2Oc2ccccc2)C2CO2)C2CO2)cc1. The summed E-state index contributed by atoms with van der Waals surface area (Å²) in [5.41, 5.74) is 1.90. The highest BCUT2D eigenvalue weighted by Gasteiger charge is 2.43. The number of ether oxygens (including phenoxy) is 5. The van der Waals surface area contributed by atoms with E-state index in [0.717, 1.165) is 34.1 Å². The van der Waals surface area contributed by atoms with E-state index in [-0.39, 0.29) is 24.4 Å². The zero-order valence-electron chi connectivity index (χ0n) is 19.2. The summed E-state index contributed by atoms with van der Waals surface area (Å²) in [4.78, 5) is 0. The summed E-state index contributed by atoms with van der Waals surface area (Å²) >= 11 is 0. The minimum Gasteiger partial charge on any atom is -0.457 e. The summed E-state index contributed by atoms with van der Waals surface area (Å²) in [6, 6.07) is 35.5. The number of hydrogen-bond acceptors (Lipinski definition) is 5. The van der Waals surface area contributed by atoms with Gasteiger partial charge in [0.15, 0.2) is 0 Å². The van der Waals surface area contributed by atoms with Gasteiger partial charge in [-0.05, 0) is 36.4 Å². The zero-order chi connectivity index (χ0) is 23.5. The largest absolute Gasteiger partial charge is 0.457 e. The average Bonchev–Trinajstić information content (AvgIpc) is 3.82. The highest BCUT2D eigenvalue weighted by atomic mass is 16.6. The topological polar surface area (TPSA) is 52.8 Å². The van der Waals surface area contributed by atoms with E-state index in [1.54, 1.807) is 0 Å². The molecule has 2 aliphatic rings.